The first-order valence-electron chi connectivity index (χ1n) is 11.1. The van der Waals surface area contributed by atoms with Gasteiger partial charge in [0.1, 0.15) is 0 Å². The van der Waals surface area contributed by atoms with Crippen molar-refractivity contribution in [1.29, 1.82) is 0 Å². The van der Waals surface area contributed by atoms with E-state index in [4.69, 9.17) is 28.6 Å². The van der Waals surface area contributed by atoms with Gasteiger partial charge in [0.15, 0.2) is 10.9 Å². The van der Waals surface area contributed by atoms with Crippen LogP contribution < -0.4 is 20.3 Å². The lowest BCUT2D eigenvalue weighted by atomic mass is 10.1. The van der Waals surface area contributed by atoms with E-state index < -0.39 is 10.8 Å². The van der Waals surface area contributed by atoms with Gasteiger partial charge >= 0.3 is 5.69 Å². The molecule has 2 N–H and O–H groups in total. The summed E-state index contributed by atoms with van der Waals surface area (Å²) in [5.74, 6) is -0.402. The standard InChI is InChI=1S/C23H26ClN5O5S/c1-3-21(30)28-11-9-27(10-12-28)18-7-6-16(24)14-17(18)25-23(35)26-22(31)15-5-8-20(34-4-2)19(13-15)29(32)33/h5-8,13-14H,3-4,9-12H2,1-2H3,(H2,25,26,31,35). The molecule has 2 amide bonds. The van der Waals surface area contributed by atoms with Crippen molar-refractivity contribution in [2.75, 3.05) is 43.0 Å². The molecule has 2 aromatic carbocycles. The molecule has 0 unspecified atom stereocenters. The van der Waals surface area contributed by atoms with Crippen LogP contribution in [0, 0.1) is 10.1 Å². The minimum absolute atomic E-state index is 0.00912. The Kier molecular flexibility index (Phi) is 8.83. The van der Waals surface area contributed by atoms with E-state index >= 15 is 0 Å². The van der Waals surface area contributed by atoms with Crippen molar-refractivity contribution in [3.63, 3.8) is 0 Å². The average Bonchev–Trinajstić information content (AvgIpc) is 2.84. The summed E-state index contributed by atoms with van der Waals surface area (Å²) in [6.07, 6.45) is 0.471. The number of hydrogen-bond acceptors (Lipinski definition) is 7. The first kappa shape index (κ1) is 26.2. The third-order valence-corrected chi connectivity index (χ3v) is 5.87. The third-order valence-electron chi connectivity index (χ3n) is 5.43. The fraction of sp³-hybridized carbons (Fsp3) is 0.348. The zero-order valence-electron chi connectivity index (χ0n) is 19.4. The van der Waals surface area contributed by atoms with Crippen molar-refractivity contribution in [2.45, 2.75) is 20.3 Å². The molecule has 1 heterocycles. The van der Waals surface area contributed by atoms with E-state index in [0.717, 1.165) is 11.8 Å². The molecule has 3 rings (SSSR count). The molecule has 1 aliphatic rings. The van der Waals surface area contributed by atoms with Gasteiger partial charge in [0, 0.05) is 49.3 Å². The van der Waals surface area contributed by atoms with Crippen molar-refractivity contribution in [1.82, 2.24) is 10.2 Å². The number of benzene rings is 2. The Balaban J connectivity index is 1.71. The van der Waals surface area contributed by atoms with Gasteiger partial charge in [0.2, 0.25) is 5.91 Å². The summed E-state index contributed by atoms with van der Waals surface area (Å²) in [6.45, 7) is 6.29. The zero-order valence-corrected chi connectivity index (χ0v) is 20.9. The Bertz CT molecular complexity index is 1140. The molecule has 0 spiro atoms. The smallest absolute Gasteiger partial charge is 0.311 e. The number of halogens is 1. The van der Waals surface area contributed by atoms with Crippen LogP contribution in [0.2, 0.25) is 5.02 Å². The first-order valence-corrected chi connectivity index (χ1v) is 11.9. The second-order valence-electron chi connectivity index (χ2n) is 7.66. The SMILES string of the molecule is CCOc1ccc(C(=O)NC(=S)Nc2cc(Cl)ccc2N2CCN(C(=O)CC)CC2)cc1[N+](=O)[O-]. The summed E-state index contributed by atoms with van der Waals surface area (Å²) in [5, 5.41) is 17.4. The molecule has 2 aromatic rings. The number of nitrogens with one attached hydrogen (secondary N) is 2. The van der Waals surface area contributed by atoms with Crippen LogP contribution in [-0.2, 0) is 4.79 Å². The van der Waals surface area contributed by atoms with Crippen LogP contribution in [0.1, 0.15) is 30.6 Å². The van der Waals surface area contributed by atoms with Crippen molar-refractivity contribution in [3.05, 3.63) is 57.1 Å². The number of piperazine rings is 1. The maximum Gasteiger partial charge on any atom is 0.311 e. The summed E-state index contributed by atoms with van der Waals surface area (Å²) in [4.78, 5) is 39.4. The van der Waals surface area contributed by atoms with Crippen LogP contribution >= 0.6 is 23.8 Å². The van der Waals surface area contributed by atoms with Gasteiger partial charge in [0.25, 0.3) is 5.91 Å². The van der Waals surface area contributed by atoms with Crippen LogP contribution in [0.4, 0.5) is 17.1 Å². The van der Waals surface area contributed by atoms with Gasteiger partial charge in [-0.25, -0.2) is 0 Å². The van der Waals surface area contributed by atoms with Crippen molar-refractivity contribution >= 4 is 57.8 Å². The summed E-state index contributed by atoms with van der Waals surface area (Å²) in [6, 6.07) is 9.25. The fourth-order valence-corrected chi connectivity index (χ4v) is 4.09. The van der Waals surface area contributed by atoms with Crippen LogP contribution in [0.15, 0.2) is 36.4 Å². The lowest BCUT2D eigenvalue weighted by Gasteiger charge is -2.37. The van der Waals surface area contributed by atoms with E-state index in [1.54, 1.807) is 19.1 Å². The maximum absolute atomic E-state index is 12.7. The summed E-state index contributed by atoms with van der Waals surface area (Å²) >= 11 is 11.5. The van der Waals surface area contributed by atoms with Crippen LogP contribution in [0.5, 0.6) is 5.75 Å². The molecule has 12 heteroatoms. The number of nitro benzene ring substituents is 1. The zero-order chi connectivity index (χ0) is 25.5. The fourth-order valence-electron chi connectivity index (χ4n) is 3.71. The number of rotatable bonds is 7. The van der Waals surface area contributed by atoms with Crippen molar-refractivity contribution in [2.24, 2.45) is 0 Å². The van der Waals surface area contributed by atoms with Crippen LogP contribution in [-0.4, -0.2) is 59.5 Å². The lowest BCUT2D eigenvalue weighted by Crippen LogP contribution is -2.48. The molecule has 0 bridgehead atoms. The van der Waals surface area contributed by atoms with E-state index in [1.165, 1.54) is 12.1 Å². The second-order valence-corrected chi connectivity index (χ2v) is 8.51. The molecule has 0 aromatic heterocycles. The molecule has 186 valence electrons. The monoisotopic (exact) mass is 519 g/mol. The Hall–Kier alpha value is -3.44. The van der Waals surface area contributed by atoms with Crippen LogP contribution in [0.25, 0.3) is 0 Å². The van der Waals surface area contributed by atoms with Gasteiger partial charge < -0.3 is 19.9 Å². The normalized spacial score (nSPS) is 13.2. The Morgan fingerprint density at radius 1 is 1.14 bits per heavy atom. The minimum Gasteiger partial charge on any atom is -0.487 e. The molecule has 10 nitrogen and oxygen atoms in total. The summed E-state index contributed by atoms with van der Waals surface area (Å²) < 4.78 is 5.25. The Labute approximate surface area is 213 Å². The van der Waals surface area contributed by atoms with E-state index in [2.05, 4.69) is 15.5 Å². The highest BCUT2D eigenvalue weighted by Gasteiger charge is 2.23. The van der Waals surface area contributed by atoms with Gasteiger partial charge in [-0.2, -0.15) is 0 Å². The molecular formula is C23H26ClN5O5S. The minimum atomic E-state index is -0.607. The van der Waals surface area contributed by atoms with Gasteiger partial charge in [-0.05, 0) is 49.5 Å². The molecule has 0 atom stereocenters. The number of nitrogens with zero attached hydrogens (tertiary/aromatic N) is 3. The van der Waals surface area contributed by atoms with E-state index in [1.807, 2.05) is 17.9 Å². The number of hydrogen-bond donors (Lipinski definition) is 2. The molecule has 0 aliphatic carbocycles. The van der Waals surface area contributed by atoms with Crippen LogP contribution in [0.3, 0.4) is 0 Å². The van der Waals surface area contributed by atoms with Gasteiger partial charge in [-0.15, -0.1) is 0 Å². The van der Waals surface area contributed by atoms with E-state index in [9.17, 15) is 19.7 Å². The average molecular weight is 520 g/mol. The lowest BCUT2D eigenvalue weighted by molar-refractivity contribution is -0.385. The summed E-state index contributed by atoms with van der Waals surface area (Å²) in [7, 11) is 0. The van der Waals surface area contributed by atoms with Gasteiger partial charge in [-0.1, -0.05) is 18.5 Å². The number of thiocarbonyl (C=S) groups is 1. The molecule has 1 fully saturated rings. The number of nitro groups is 1. The quantitative estimate of drug-likeness (QED) is 0.322. The largest absolute Gasteiger partial charge is 0.487 e. The third kappa shape index (κ3) is 6.58. The number of ether oxygens (including phenoxy) is 1. The number of amides is 2. The Morgan fingerprint density at radius 3 is 2.49 bits per heavy atom. The topological polar surface area (TPSA) is 117 Å². The second kappa shape index (κ2) is 11.8. The molecule has 1 saturated heterocycles. The van der Waals surface area contributed by atoms with Gasteiger partial charge in [-0.3, -0.25) is 25.0 Å². The van der Waals surface area contributed by atoms with Crippen molar-refractivity contribution < 1.29 is 19.2 Å². The molecule has 35 heavy (non-hydrogen) atoms. The predicted molar refractivity (Wildman–Crippen MR) is 138 cm³/mol. The highest BCUT2D eigenvalue weighted by Crippen LogP contribution is 2.31. The molecule has 1 aliphatic heterocycles. The molecule has 0 saturated carbocycles. The predicted octanol–water partition coefficient (Wildman–Crippen LogP) is 3.83. The summed E-state index contributed by atoms with van der Waals surface area (Å²) in [5.41, 5.74) is 1.17. The number of anilines is 2. The van der Waals surface area contributed by atoms with Gasteiger partial charge in [0.05, 0.1) is 22.9 Å². The maximum atomic E-state index is 12.7. The van der Waals surface area contributed by atoms with E-state index in [-0.39, 0.29) is 34.6 Å². The molecule has 0 radical (unpaired) electrons. The van der Waals surface area contributed by atoms with Crippen molar-refractivity contribution in [3.8, 4) is 5.75 Å². The number of carbonyl (C=O) groups is 2. The Morgan fingerprint density at radius 2 is 1.86 bits per heavy atom. The van der Waals surface area contributed by atoms with E-state index in [0.29, 0.717) is 43.3 Å². The highest BCUT2D eigenvalue weighted by atomic mass is 35.5. The number of carbonyl (C=O) groups excluding carboxylic acids is 2. The first-order chi connectivity index (χ1) is 16.7. The highest BCUT2D eigenvalue weighted by molar-refractivity contribution is 7.80. The molecular weight excluding hydrogens is 494 g/mol.